The fourth-order valence-corrected chi connectivity index (χ4v) is 3.68. The van der Waals surface area contributed by atoms with Gasteiger partial charge in [0.05, 0.1) is 17.9 Å². The molecular formula is C20H24F3NO6S. The van der Waals surface area contributed by atoms with Gasteiger partial charge in [0.15, 0.2) is 5.71 Å². The number of unbranched alkanes of at least 4 members (excludes halogenated alkanes) is 5. The van der Waals surface area contributed by atoms with Gasteiger partial charge < -0.3 is 9.52 Å². The van der Waals surface area contributed by atoms with E-state index in [0.717, 1.165) is 31.7 Å². The van der Waals surface area contributed by atoms with Crippen LogP contribution in [0.25, 0.3) is 11.0 Å². The van der Waals surface area contributed by atoms with Crippen molar-refractivity contribution < 1.29 is 35.4 Å². The second-order valence-corrected chi connectivity index (χ2v) is 8.69. The average Bonchev–Trinajstić information content (AvgIpc) is 2.69. The molecule has 0 aliphatic heterocycles. The van der Waals surface area contributed by atoms with Gasteiger partial charge in [-0.2, -0.15) is 21.6 Å². The second kappa shape index (κ2) is 10.8. The molecule has 1 heterocycles. The highest BCUT2D eigenvalue weighted by molar-refractivity contribution is 7.86. The molecule has 1 aromatic heterocycles. The molecule has 0 aliphatic rings. The first-order valence-corrected chi connectivity index (χ1v) is 11.4. The van der Waals surface area contributed by atoms with E-state index in [0.29, 0.717) is 12.0 Å². The number of rotatable bonds is 11. The smallest absolute Gasteiger partial charge is 0.422 e. The third-order valence-corrected chi connectivity index (χ3v) is 5.59. The number of oxime groups is 1. The first kappa shape index (κ1) is 24.9. The highest BCUT2D eigenvalue weighted by atomic mass is 32.2. The number of benzene rings is 1. The summed E-state index contributed by atoms with van der Waals surface area (Å²) in [6, 6.07) is 5.00. The van der Waals surface area contributed by atoms with Crippen molar-refractivity contribution in [3.63, 3.8) is 0 Å². The molecule has 0 amide bonds. The molecule has 2 rings (SSSR count). The highest BCUT2D eigenvalue weighted by Gasteiger charge is 2.40. The minimum absolute atomic E-state index is 0.0292. The maximum Gasteiger partial charge on any atom is 0.437 e. The average molecular weight is 463 g/mol. The Balaban J connectivity index is 2.25. The number of aliphatic hydroxyl groups is 1. The van der Waals surface area contributed by atoms with Crippen LogP contribution in [-0.2, 0) is 21.0 Å². The summed E-state index contributed by atoms with van der Waals surface area (Å²) in [5, 5.41) is 12.0. The van der Waals surface area contributed by atoms with Crippen molar-refractivity contribution in [2.24, 2.45) is 5.16 Å². The Hall–Kier alpha value is -2.40. The van der Waals surface area contributed by atoms with Gasteiger partial charge >= 0.3 is 21.9 Å². The van der Waals surface area contributed by atoms with Crippen molar-refractivity contribution in [1.29, 1.82) is 0 Å². The topological polar surface area (TPSA) is 106 Å². The lowest BCUT2D eigenvalue weighted by Gasteiger charge is -2.10. The molecule has 7 nitrogen and oxygen atoms in total. The molecule has 0 aliphatic carbocycles. The molecule has 0 radical (unpaired) electrons. The van der Waals surface area contributed by atoms with Crippen LogP contribution in [0.2, 0.25) is 0 Å². The van der Waals surface area contributed by atoms with Gasteiger partial charge in [-0.25, -0.2) is 4.79 Å². The third-order valence-electron chi connectivity index (χ3n) is 4.50. The van der Waals surface area contributed by atoms with Gasteiger partial charge in [0.1, 0.15) is 5.58 Å². The number of aliphatic hydroxyl groups excluding tert-OH is 1. The lowest BCUT2D eigenvalue weighted by atomic mass is 10.1. The number of alkyl halides is 3. The third kappa shape index (κ3) is 7.35. The molecule has 0 fully saturated rings. The van der Waals surface area contributed by atoms with Gasteiger partial charge in [-0.15, -0.1) is 0 Å². The van der Waals surface area contributed by atoms with Crippen LogP contribution in [0.1, 0.15) is 56.6 Å². The van der Waals surface area contributed by atoms with Crippen LogP contribution in [0.3, 0.4) is 0 Å². The van der Waals surface area contributed by atoms with Crippen molar-refractivity contribution >= 4 is 26.8 Å². The summed E-state index contributed by atoms with van der Waals surface area (Å²) in [4.78, 5) is 12.1. The number of hydrogen-bond acceptors (Lipinski definition) is 7. The summed E-state index contributed by atoms with van der Waals surface area (Å²) >= 11 is 0. The molecule has 11 heteroatoms. The van der Waals surface area contributed by atoms with E-state index in [1.54, 1.807) is 0 Å². The predicted octanol–water partition coefficient (Wildman–Crippen LogP) is 4.26. The van der Waals surface area contributed by atoms with Gasteiger partial charge in [-0.3, -0.25) is 4.28 Å². The molecule has 0 spiro atoms. The number of nitrogens with zero attached hydrogens (tertiary/aromatic N) is 1. The Bertz CT molecular complexity index is 1080. The lowest BCUT2D eigenvalue weighted by Crippen LogP contribution is -2.30. The van der Waals surface area contributed by atoms with Crippen molar-refractivity contribution in [3.05, 3.63) is 45.8 Å². The highest BCUT2D eigenvalue weighted by Crippen LogP contribution is 2.24. The molecule has 0 saturated carbocycles. The maximum absolute atomic E-state index is 13.5. The molecule has 1 N–H and O–H groups in total. The Morgan fingerprint density at radius 3 is 2.45 bits per heavy atom. The van der Waals surface area contributed by atoms with E-state index in [1.165, 1.54) is 18.2 Å². The summed E-state index contributed by atoms with van der Waals surface area (Å²) in [5.74, 6) is -0.482. The van der Waals surface area contributed by atoms with Crippen LogP contribution >= 0.6 is 0 Å². The van der Waals surface area contributed by atoms with E-state index in [1.807, 2.05) is 6.92 Å². The zero-order valence-corrected chi connectivity index (χ0v) is 17.8. The van der Waals surface area contributed by atoms with Crippen LogP contribution < -0.4 is 5.63 Å². The second-order valence-electron chi connectivity index (χ2n) is 7.02. The molecule has 2 aromatic rings. The van der Waals surface area contributed by atoms with Crippen molar-refractivity contribution in [1.82, 2.24) is 0 Å². The summed E-state index contributed by atoms with van der Waals surface area (Å²) < 4.78 is 73.4. The minimum atomic E-state index is -5.16. The van der Waals surface area contributed by atoms with Crippen LogP contribution in [0.5, 0.6) is 0 Å². The largest absolute Gasteiger partial charge is 0.437 e. The summed E-state index contributed by atoms with van der Waals surface area (Å²) in [6.45, 7) is 1.69. The molecular weight excluding hydrogens is 439 g/mol. The van der Waals surface area contributed by atoms with Gasteiger partial charge in [-0.05, 0) is 24.1 Å². The molecule has 172 valence electrons. The Morgan fingerprint density at radius 2 is 1.81 bits per heavy atom. The quantitative estimate of drug-likeness (QED) is 0.231. The van der Waals surface area contributed by atoms with Crippen molar-refractivity contribution in [2.75, 3.05) is 5.75 Å². The molecule has 0 bridgehead atoms. The van der Waals surface area contributed by atoms with E-state index < -0.39 is 38.9 Å². The zero-order valence-electron chi connectivity index (χ0n) is 16.9. The van der Waals surface area contributed by atoms with E-state index in [-0.39, 0.29) is 24.0 Å². The van der Waals surface area contributed by atoms with E-state index in [2.05, 4.69) is 9.44 Å². The Morgan fingerprint density at radius 1 is 1.13 bits per heavy atom. The van der Waals surface area contributed by atoms with Crippen LogP contribution in [0.4, 0.5) is 13.2 Å². The number of hydrogen-bond donors (Lipinski definition) is 1. The van der Waals surface area contributed by atoms with Gasteiger partial charge in [-0.1, -0.05) is 56.3 Å². The van der Waals surface area contributed by atoms with E-state index in [4.69, 9.17) is 9.52 Å². The van der Waals surface area contributed by atoms with Crippen molar-refractivity contribution in [3.8, 4) is 0 Å². The van der Waals surface area contributed by atoms with Crippen LogP contribution in [0.15, 0.2) is 38.6 Å². The fourth-order valence-electron chi connectivity index (χ4n) is 2.86. The Labute approximate surface area is 177 Å². The Kier molecular flexibility index (Phi) is 8.63. The molecule has 0 unspecified atom stereocenters. The summed E-state index contributed by atoms with van der Waals surface area (Å²) in [6.07, 6.45) is -0.512. The van der Waals surface area contributed by atoms with Crippen LogP contribution in [-0.4, -0.2) is 31.2 Å². The first-order valence-electron chi connectivity index (χ1n) is 9.82. The normalized spacial score (nSPS) is 13.0. The lowest BCUT2D eigenvalue weighted by molar-refractivity contribution is -0.0598. The summed E-state index contributed by atoms with van der Waals surface area (Å²) in [7, 11) is -4.35. The molecule has 0 atom stereocenters. The SMILES string of the molecule is CCCCCCCCS(=O)(=O)O/N=C(\c1cc2ccc(CO)cc2oc1=O)C(F)(F)F. The molecule has 31 heavy (non-hydrogen) atoms. The van der Waals surface area contributed by atoms with E-state index in [9.17, 15) is 26.4 Å². The van der Waals surface area contributed by atoms with Crippen LogP contribution in [0, 0.1) is 0 Å². The fraction of sp³-hybridized carbons (Fsp3) is 0.500. The molecule has 1 aromatic carbocycles. The maximum atomic E-state index is 13.5. The zero-order chi connectivity index (χ0) is 23.1. The van der Waals surface area contributed by atoms with Gasteiger partial charge in [0, 0.05) is 5.39 Å². The van der Waals surface area contributed by atoms with Gasteiger partial charge in [0.25, 0.3) is 0 Å². The van der Waals surface area contributed by atoms with Crippen molar-refractivity contribution in [2.45, 2.75) is 58.2 Å². The number of fused-ring (bicyclic) bond motifs is 1. The first-order chi connectivity index (χ1) is 14.6. The standard InChI is InChI=1S/C20H24F3NO6S/c1-2-3-4-5-6-7-10-31(27,28)30-24-18(20(21,22)23)16-12-15-9-8-14(13-25)11-17(15)29-19(16)26/h8-9,11-12,25H,2-7,10,13H2,1H3/b24-18+. The predicted molar refractivity (Wildman–Crippen MR) is 109 cm³/mol. The monoisotopic (exact) mass is 463 g/mol. The van der Waals surface area contributed by atoms with Gasteiger partial charge in [0.2, 0.25) is 0 Å². The number of halogens is 3. The van der Waals surface area contributed by atoms with E-state index >= 15 is 0 Å². The minimum Gasteiger partial charge on any atom is -0.422 e. The summed E-state index contributed by atoms with van der Waals surface area (Å²) in [5.41, 5.74) is -3.78. The molecule has 0 saturated heterocycles.